The Morgan fingerprint density at radius 1 is 1.22 bits per heavy atom. The summed E-state index contributed by atoms with van der Waals surface area (Å²) in [4.78, 5) is 18.3. The van der Waals surface area contributed by atoms with Gasteiger partial charge < -0.3 is 4.74 Å². The molecule has 8 heteroatoms. The van der Waals surface area contributed by atoms with E-state index >= 15 is 0 Å². The lowest BCUT2D eigenvalue weighted by molar-refractivity contribution is 0.103. The van der Waals surface area contributed by atoms with E-state index in [0.717, 1.165) is 33.4 Å². The first-order valence-corrected chi connectivity index (χ1v) is 8.39. The minimum absolute atomic E-state index is 0.229. The Morgan fingerprint density at radius 3 is 2.57 bits per heavy atom. The maximum atomic E-state index is 12.2. The van der Waals surface area contributed by atoms with Gasteiger partial charge in [0.05, 0.1) is 18.5 Å². The first-order chi connectivity index (χ1) is 11.1. The van der Waals surface area contributed by atoms with E-state index in [1.807, 2.05) is 31.2 Å². The molecule has 0 bridgehead atoms. The second-order valence-corrected chi connectivity index (χ2v) is 6.75. The van der Waals surface area contributed by atoms with Crippen molar-refractivity contribution in [3.8, 4) is 17.0 Å². The number of benzene rings is 1. The van der Waals surface area contributed by atoms with Crippen LogP contribution in [0.3, 0.4) is 0 Å². The zero-order valence-electron chi connectivity index (χ0n) is 12.8. The molecular formula is C15H14N4O2S2. The number of anilines is 1. The quantitative estimate of drug-likeness (QED) is 0.782. The van der Waals surface area contributed by atoms with Crippen molar-refractivity contribution in [2.24, 2.45) is 0 Å². The lowest BCUT2D eigenvalue weighted by atomic mass is 10.1. The van der Waals surface area contributed by atoms with Crippen molar-refractivity contribution in [1.82, 2.24) is 14.6 Å². The van der Waals surface area contributed by atoms with Gasteiger partial charge in [0.25, 0.3) is 5.91 Å². The van der Waals surface area contributed by atoms with Crippen LogP contribution in [0.5, 0.6) is 5.75 Å². The molecule has 0 atom stereocenters. The molecule has 23 heavy (non-hydrogen) atoms. The summed E-state index contributed by atoms with van der Waals surface area (Å²) in [5.74, 6) is 0.566. The predicted molar refractivity (Wildman–Crippen MR) is 91.4 cm³/mol. The molecule has 118 valence electrons. The number of ether oxygens (including phenoxy) is 1. The number of amides is 1. The van der Waals surface area contributed by atoms with Gasteiger partial charge in [-0.1, -0.05) is 4.49 Å². The van der Waals surface area contributed by atoms with E-state index in [-0.39, 0.29) is 5.91 Å². The number of rotatable bonds is 4. The van der Waals surface area contributed by atoms with E-state index in [1.165, 1.54) is 11.3 Å². The summed E-state index contributed by atoms with van der Waals surface area (Å²) >= 11 is 2.52. The summed E-state index contributed by atoms with van der Waals surface area (Å²) in [6.45, 7) is 3.74. The number of aryl methyl sites for hydroxylation is 2. The molecule has 1 amide bonds. The van der Waals surface area contributed by atoms with Crippen LogP contribution in [-0.4, -0.2) is 27.6 Å². The van der Waals surface area contributed by atoms with Crippen molar-refractivity contribution >= 4 is 33.9 Å². The van der Waals surface area contributed by atoms with Crippen molar-refractivity contribution in [3.05, 3.63) is 39.7 Å². The van der Waals surface area contributed by atoms with Crippen molar-refractivity contribution in [3.63, 3.8) is 0 Å². The number of nitrogens with one attached hydrogen (secondary N) is 1. The Balaban J connectivity index is 1.83. The van der Waals surface area contributed by atoms with Crippen LogP contribution in [0.2, 0.25) is 0 Å². The Hall–Kier alpha value is -2.32. The number of methoxy groups -OCH3 is 1. The molecule has 0 saturated carbocycles. The summed E-state index contributed by atoms with van der Waals surface area (Å²) in [5, 5.41) is 7.22. The molecule has 2 aromatic heterocycles. The minimum Gasteiger partial charge on any atom is -0.497 e. The number of aromatic nitrogens is 3. The smallest absolute Gasteiger partial charge is 0.271 e. The molecule has 0 aliphatic rings. The first-order valence-electron chi connectivity index (χ1n) is 6.80. The van der Waals surface area contributed by atoms with Crippen LogP contribution >= 0.6 is 22.9 Å². The molecule has 2 heterocycles. The molecule has 1 aromatic carbocycles. The zero-order valence-corrected chi connectivity index (χ0v) is 14.4. The van der Waals surface area contributed by atoms with Crippen molar-refractivity contribution in [2.45, 2.75) is 13.8 Å². The third-order valence-electron chi connectivity index (χ3n) is 3.24. The Bertz CT molecular complexity index is 840. The van der Waals surface area contributed by atoms with Gasteiger partial charge in [0.1, 0.15) is 10.6 Å². The Morgan fingerprint density at radius 2 is 1.96 bits per heavy atom. The van der Waals surface area contributed by atoms with Crippen molar-refractivity contribution in [2.75, 3.05) is 12.4 Å². The monoisotopic (exact) mass is 346 g/mol. The maximum absolute atomic E-state index is 12.2. The van der Waals surface area contributed by atoms with Gasteiger partial charge in [-0.3, -0.25) is 10.1 Å². The number of nitrogens with zero attached hydrogens (tertiary/aromatic N) is 3. The summed E-state index contributed by atoms with van der Waals surface area (Å²) in [6, 6.07) is 7.67. The second kappa shape index (κ2) is 6.43. The van der Waals surface area contributed by atoms with E-state index < -0.39 is 0 Å². The van der Waals surface area contributed by atoms with Crippen LogP contribution in [0.25, 0.3) is 11.3 Å². The Labute approximate surface area is 141 Å². The number of carbonyl (C=O) groups is 1. The van der Waals surface area contributed by atoms with Crippen LogP contribution < -0.4 is 10.1 Å². The van der Waals surface area contributed by atoms with Gasteiger partial charge in [0.15, 0.2) is 5.13 Å². The maximum Gasteiger partial charge on any atom is 0.271 e. The van der Waals surface area contributed by atoms with Gasteiger partial charge >= 0.3 is 0 Å². The highest BCUT2D eigenvalue weighted by molar-refractivity contribution is 7.16. The normalized spacial score (nSPS) is 10.6. The van der Waals surface area contributed by atoms with Gasteiger partial charge in [0.2, 0.25) is 0 Å². The summed E-state index contributed by atoms with van der Waals surface area (Å²) in [7, 11) is 1.63. The third-order valence-corrected chi connectivity index (χ3v) is 4.95. The van der Waals surface area contributed by atoms with Gasteiger partial charge in [-0.15, -0.1) is 16.4 Å². The van der Waals surface area contributed by atoms with E-state index in [1.54, 1.807) is 14.0 Å². The molecule has 3 aromatic rings. The van der Waals surface area contributed by atoms with Crippen LogP contribution in [-0.2, 0) is 0 Å². The molecule has 6 nitrogen and oxygen atoms in total. The largest absolute Gasteiger partial charge is 0.497 e. The van der Waals surface area contributed by atoms with Gasteiger partial charge in [-0.25, -0.2) is 4.98 Å². The fourth-order valence-electron chi connectivity index (χ4n) is 2.06. The van der Waals surface area contributed by atoms with Crippen molar-refractivity contribution < 1.29 is 9.53 Å². The van der Waals surface area contributed by atoms with E-state index in [4.69, 9.17) is 4.74 Å². The second-order valence-electron chi connectivity index (χ2n) is 4.79. The molecule has 1 N–H and O–H groups in total. The fourth-order valence-corrected chi connectivity index (χ4v) is 3.44. The predicted octanol–water partition coefficient (Wildman–Crippen LogP) is 3.54. The third kappa shape index (κ3) is 3.22. The van der Waals surface area contributed by atoms with Crippen molar-refractivity contribution in [1.29, 1.82) is 0 Å². The van der Waals surface area contributed by atoms with Gasteiger partial charge in [-0.2, -0.15) is 0 Å². The van der Waals surface area contributed by atoms with Crippen LogP contribution in [0.15, 0.2) is 24.3 Å². The molecule has 0 unspecified atom stereocenters. The lowest BCUT2D eigenvalue weighted by Gasteiger charge is -2.02. The van der Waals surface area contributed by atoms with Crippen LogP contribution in [0.1, 0.15) is 20.2 Å². The van der Waals surface area contributed by atoms with E-state index in [9.17, 15) is 4.79 Å². The number of hydrogen-bond donors (Lipinski definition) is 1. The molecule has 0 radical (unpaired) electrons. The summed E-state index contributed by atoms with van der Waals surface area (Å²) in [6.07, 6.45) is 0. The topological polar surface area (TPSA) is 77.0 Å². The highest BCUT2D eigenvalue weighted by Crippen LogP contribution is 2.31. The molecular weight excluding hydrogens is 332 g/mol. The number of hydrogen-bond acceptors (Lipinski definition) is 7. The average Bonchev–Trinajstić information content (AvgIpc) is 3.13. The SMILES string of the molecule is COc1ccc(-c2nc(NC(=O)c3snnc3C)sc2C)cc1. The van der Waals surface area contributed by atoms with Crippen LogP contribution in [0, 0.1) is 13.8 Å². The highest BCUT2D eigenvalue weighted by atomic mass is 32.1. The minimum atomic E-state index is -0.229. The summed E-state index contributed by atoms with van der Waals surface area (Å²) < 4.78 is 8.93. The molecule has 0 saturated heterocycles. The first kappa shape index (κ1) is 15.6. The standard InChI is InChI=1S/C15H14N4O2S2/c1-8-13(23-19-18-8)14(20)17-15-16-12(9(2)22-15)10-4-6-11(21-3)7-5-10/h4-7H,1-3H3,(H,16,17,20). The molecule has 0 aliphatic carbocycles. The van der Waals surface area contributed by atoms with Crippen LogP contribution in [0.4, 0.5) is 5.13 Å². The zero-order chi connectivity index (χ0) is 16.4. The van der Waals surface area contributed by atoms with Gasteiger partial charge in [0, 0.05) is 10.4 Å². The highest BCUT2D eigenvalue weighted by Gasteiger charge is 2.16. The van der Waals surface area contributed by atoms with Gasteiger partial charge in [-0.05, 0) is 49.6 Å². The van der Waals surface area contributed by atoms with E-state index in [2.05, 4.69) is 19.9 Å². The molecule has 0 fully saturated rings. The fraction of sp³-hybridized carbons (Fsp3) is 0.200. The molecule has 0 aliphatic heterocycles. The Kier molecular flexibility index (Phi) is 4.35. The molecule has 0 spiro atoms. The van der Waals surface area contributed by atoms with E-state index in [0.29, 0.717) is 15.7 Å². The lowest BCUT2D eigenvalue weighted by Crippen LogP contribution is -2.11. The number of carbonyl (C=O) groups excluding carboxylic acids is 1. The summed E-state index contributed by atoms with van der Waals surface area (Å²) in [5.41, 5.74) is 2.46. The number of thiazole rings is 1. The average molecular weight is 346 g/mol. The molecule has 3 rings (SSSR count).